The van der Waals surface area contributed by atoms with Crippen LogP contribution in [-0.2, 0) is 16.2 Å². The largest absolute Gasteiger partial charge is 0.311 e. The molecule has 5 heteroatoms. The molecule has 107 heavy (non-hydrogen) atoms. The Hall–Kier alpha value is -12.4. The summed E-state index contributed by atoms with van der Waals surface area (Å²) in [4.78, 5) is 7.41. The maximum Gasteiger partial charge on any atom is 0.252 e. The van der Waals surface area contributed by atoms with Gasteiger partial charge in [0.15, 0.2) is 0 Å². The third-order valence-electron chi connectivity index (χ3n) is 21.8. The lowest BCUT2D eigenvalue weighted by Crippen LogP contribution is -2.61. The topological polar surface area (TPSA) is 14.7 Å². The quantitative estimate of drug-likeness (QED) is 0.113. The van der Waals surface area contributed by atoms with Crippen molar-refractivity contribution in [3.05, 3.63) is 368 Å². The molecule has 2 aliphatic rings. The van der Waals surface area contributed by atoms with Crippen LogP contribution in [0.1, 0.15) is 85.9 Å². The van der Waals surface area contributed by atoms with E-state index in [1.807, 2.05) is 6.07 Å². The molecule has 0 spiro atoms. The van der Waals surface area contributed by atoms with Gasteiger partial charge in [-0.15, -0.1) is 0 Å². The molecule has 0 unspecified atom stereocenters. The summed E-state index contributed by atoms with van der Waals surface area (Å²) in [7, 11) is 0. The molecule has 0 atom stereocenters. The minimum Gasteiger partial charge on any atom is -0.311 e. The molecule has 0 bridgehead atoms. The predicted octanol–water partition coefficient (Wildman–Crippen LogP) is 26.2. The van der Waals surface area contributed by atoms with Gasteiger partial charge in [0.25, 0.3) is 6.71 Å². The van der Waals surface area contributed by atoms with Crippen LogP contribution in [-0.4, -0.2) is 11.3 Å². The highest BCUT2D eigenvalue weighted by molar-refractivity contribution is 7.00. The average Bonchev–Trinajstić information content (AvgIpc) is 0.785. The van der Waals surface area contributed by atoms with Crippen molar-refractivity contribution < 1.29 is 6.85 Å². The Bertz CT molecular complexity index is 6160. The fourth-order valence-electron chi connectivity index (χ4n) is 16.3. The minimum atomic E-state index is -0.450. The van der Waals surface area contributed by atoms with Gasteiger partial charge in [0.2, 0.25) is 0 Å². The molecule has 2 aliphatic heterocycles. The van der Waals surface area contributed by atoms with Crippen molar-refractivity contribution in [2.24, 2.45) is 0 Å². The van der Waals surface area contributed by atoms with Crippen LogP contribution in [0.2, 0.25) is 0 Å². The van der Waals surface area contributed by atoms with Gasteiger partial charge in [0.05, 0.1) is 23.6 Å². The van der Waals surface area contributed by atoms with Crippen LogP contribution in [0, 0.1) is 0 Å². The van der Waals surface area contributed by atoms with Crippen LogP contribution in [0.4, 0.5) is 51.2 Å². The molecule has 1 aromatic heterocycles. The van der Waals surface area contributed by atoms with E-state index in [1.54, 1.807) is 0 Å². The van der Waals surface area contributed by atoms with E-state index in [4.69, 9.17) is 4.11 Å². The number of hydrogen-bond acceptors (Lipinski definition) is 3. The molecular weight excluding hydrogens is 1290 g/mol. The van der Waals surface area contributed by atoms with E-state index in [1.165, 1.54) is 16.7 Å². The Balaban J connectivity index is 1.01. The van der Waals surface area contributed by atoms with E-state index in [-0.39, 0.29) is 46.0 Å². The molecule has 0 N–H and O–H groups in total. The number of fused-ring (bicyclic) bond motifs is 7. The van der Waals surface area contributed by atoms with Gasteiger partial charge in [0.1, 0.15) is 0 Å². The summed E-state index contributed by atoms with van der Waals surface area (Å²) in [5.41, 5.74) is 29.2. The first-order valence-corrected chi connectivity index (χ1v) is 37.3. The second-order valence-corrected chi connectivity index (χ2v) is 31.8. The Morgan fingerprint density at radius 3 is 1.27 bits per heavy atom. The van der Waals surface area contributed by atoms with Crippen molar-refractivity contribution in [3.8, 4) is 72.4 Å². The minimum absolute atomic E-state index is 0.136. The Labute approximate surface area is 637 Å². The number of rotatable bonds is 12. The number of nitrogens with zero attached hydrogens (tertiary/aromatic N) is 4. The van der Waals surface area contributed by atoms with E-state index in [9.17, 15) is 2.74 Å². The predicted molar refractivity (Wildman–Crippen MR) is 458 cm³/mol. The van der Waals surface area contributed by atoms with Gasteiger partial charge in [-0.3, -0.25) is 0 Å². The second-order valence-electron chi connectivity index (χ2n) is 31.8. The first kappa shape index (κ1) is 60.9. The lowest BCUT2D eigenvalue weighted by molar-refractivity contribution is 0.569. The zero-order valence-corrected chi connectivity index (χ0v) is 62.0. The number of anilines is 9. The van der Waals surface area contributed by atoms with Crippen molar-refractivity contribution in [2.45, 2.75) is 78.6 Å². The lowest BCUT2D eigenvalue weighted by Gasteiger charge is -2.45. The van der Waals surface area contributed by atoms with Crippen LogP contribution in [0.15, 0.2) is 352 Å². The van der Waals surface area contributed by atoms with E-state index >= 15 is 0 Å². The third kappa shape index (κ3) is 12.0. The van der Waals surface area contributed by atoms with Gasteiger partial charge < -0.3 is 19.3 Å². The zero-order valence-electron chi connectivity index (χ0n) is 67.0. The first-order valence-electron chi connectivity index (χ1n) is 39.8. The van der Waals surface area contributed by atoms with Gasteiger partial charge in [-0.2, -0.15) is 0 Å². The summed E-state index contributed by atoms with van der Waals surface area (Å²) in [5.74, 6) is 0. The Morgan fingerprint density at radius 2 is 0.729 bits per heavy atom. The molecule has 16 aromatic rings. The molecule has 516 valence electrons. The highest BCUT2D eigenvalue weighted by atomic mass is 15.2. The van der Waals surface area contributed by atoms with E-state index < -0.39 is 12.8 Å². The zero-order chi connectivity index (χ0) is 77.2. The first-order chi connectivity index (χ1) is 54.0. The summed E-state index contributed by atoms with van der Waals surface area (Å²) in [6.07, 6.45) is 0. The number of hydrogen-bond donors (Lipinski definition) is 0. The highest BCUT2D eigenvalue weighted by Gasteiger charge is 2.46. The van der Waals surface area contributed by atoms with Crippen LogP contribution < -0.4 is 31.1 Å². The normalized spacial score (nSPS) is 13.3. The van der Waals surface area contributed by atoms with Gasteiger partial charge in [-0.05, 0) is 214 Å². The van der Waals surface area contributed by atoms with Crippen LogP contribution in [0.5, 0.6) is 0 Å². The van der Waals surface area contributed by atoms with Gasteiger partial charge >= 0.3 is 0 Å². The maximum atomic E-state index is 9.64. The van der Waals surface area contributed by atoms with E-state index in [0.29, 0.717) is 5.56 Å². The molecule has 0 radical (unpaired) electrons. The average molecular weight is 1380 g/mol. The highest BCUT2D eigenvalue weighted by Crippen LogP contribution is 2.54. The molecule has 0 saturated carbocycles. The summed E-state index contributed by atoms with van der Waals surface area (Å²) >= 11 is 0. The van der Waals surface area contributed by atoms with Crippen molar-refractivity contribution in [1.29, 1.82) is 0 Å². The number of benzene rings is 15. The maximum absolute atomic E-state index is 9.64. The van der Waals surface area contributed by atoms with Crippen LogP contribution >= 0.6 is 0 Å². The van der Waals surface area contributed by atoms with Gasteiger partial charge in [-0.25, -0.2) is 0 Å². The molecule has 0 fully saturated rings. The molecular formula is C102H85BN4. The Morgan fingerprint density at radius 1 is 0.290 bits per heavy atom. The molecule has 18 rings (SSSR count). The van der Waals surface area contributed by atoms with Crippen molar-refractivity contribution in [1.82, 2.24) is 4.57 Å². The fourth-order valence-corrected chi connectivity index (χ4v) is 16.3. The standard InChI is InChI=1S/C102H85BN4/c1-100(2,3)78-56-76(57-79(63-78)101(4,5)6)77-61-96-98-97(62-77)107(99-87(71-39-23-13-24-40-71)64-80(102(7,8)9)65-88(99)72-41-25-14-26-42-72)95-67-84(105-92-48-32-31-47-86(92)89-66-83(51-54-93(89)105)104(81-43-27-15-28-44-81)82-45-29-16-30-46-82)50-53-91(95)103(98)90-52-49-73(68-33-17-10-18-34-68)60-94(90)106(96)85-58-74(69-35-19-11-20-36-69)55-75(59-85)70-37-21-12-22-38-70/h10-67H,1-9H3/i10D,17D,18D,33D,34D. The van der Waals surface area contributed by atoms with Crippen LogP contribution in [0.25, 0.3) is 94.3 Å². The second kappa shape index (κ2) is 26.3. The molecule has 4 nitrogen and oxygen atoms in total. The lowest BCUT2D eigenvalue weighted by atomic mass is 9.33. The third-order valence-corrected chi connectivity index (χ3v) is 21.8. The number of para-hydroxylation sites is 3. The summed E-state index contributed by atoms with van der Waals surface area (Å²) in [6, 6.07) is 116. The molecule has 0 aliphatic carbocycles. The van der Waals surface area contributed by atoms with E-state index in [2.05, 4.69) is 397 Å². The number of aromatic nitrogens is 1. The summed E-state index contributed by atoms with van der Waals surface area (Å²) < 4.78 is 48.9. The van der Waals surface area contributed by atoms with Gasteiger partial charge in [0, 0.05) is 73.1 Å². The molecule has 0 amide bonds. The summed E-state index contributed by atoms with van der Waals surface area (Å²) in [5, 5.41) is 2.24. The van der Waals surface area contributed by atoms with Crippen molar-refractivity contribution in [3.63, 3.8) is 0 Å². The van der Waals surface area contributed by atoms with Crippen LogP contribution in [0.3, 0.4) is 0 Å². The van der Waals surface area contributed by atoms with Gasteiger partial charge in [-0.1, -0.05) is 305 Å². The van der Waals surface area contributed by atoms with E-state index in [0.717, 1.165) is 151 Å². The summed E-state index contributed by atoms with van der Waals surface area (Å²) in [6.45, 7) is 20.4. The fraction of sp³-hybridized carbons (Fsp3) is 0.118. The Kier molecular flexibility index (Phi) is 15.0. The monoisotopic (exact) mass is 1380 g/mol. The molecule has 3 heterocycles. The smallest absolute Gasteiger partial charge is 0.252 e. The molecule has 15 aromatic carbocycles. The molecule has 0 saturated heterocycles. The SMILES string of the molecule is [2H]c1c([2H])c([2H])c(-c2ccc3c(c2)N(c2cc(-c4ccccc4)cc(-c4ccccc4)c2)c2cc(-c4cc(C(C)(C)C)cc(C(C)(C)C)c4)cc4c2B3c2ccc(-n3c5ccccc5c5cc(N(c6ccccc6)c6ccccc6)ccc53)cc2N4c2c(-c3ccccc3)cc(C(C)(C)C)cc2-c2ccccc2)c([2H])c1[2H]. The van der Waals surface area contributed by atoms with Crippen molar-refractivity contribution in [2.75, 3.05) is 14.7 Å². The van der Waals surface area contributed by atoms with Crippen molar-refractivity contribution >= 4 is 96.1 Å².